The second-order valence-corrected chi connectivity index (χ2v) is 18.4. The molecule has 2 heterocycles. The number of likely N-dealkylation sites (tertiary alicyclic amines) is 1. The number of rotatable bonds is 15. The van der Waals surface area contributed by atoms with Crippen molar-refractivity contribution in [2.75, 3.05) is 38.7 Å². The van der Waals surface area contributed by atoms with Gasteiger partial charge in [0.25, 0.3) is 5.91 Å². The van der Waals surface area contributed by atoms with Crippen LogP contribution in [0.25, 0.3) is 0 Å². The zero-order chi connectivity index (χ0) is 40.3. The van der Waals surface area contributed by atoms with Crippen molar-refractivity contribution in [3.8, 4) is 0 Å². The maximum Gasteiger partial charge on any atom is 0.290 e. The van der Waals surface area contributed by atoms with Gasteiger partial charge in [0, 0.05) is 27.1 Å². The highest BCUT2D eigenvalue weighted by molar-refractivity contribution is 8.18. The molecule has 298 valence electrons. The van der Waals surface area contributed by atoms with Gasteiger partial charge in [-0.25, -0.2) is 0 Å². The number of nitrogens with zero attached hydrogens (tertiary/aromatic N) is 2. The smallest absolute Gasteiger partial charge is 0.290 e. The van der Waals surface area contributed by atoms with Gasteiger partial charge >= 0.3 is 0 Å². The summed E-state index contributed by atoms with van der Waals surface area (Å²) in [6, 6.07) is 13.8. The molecule has 2 fully saturated rings. The Hall–Kier alpha value is -4.37. The number of benzene rings is 2. The zero-order valence-corrected chi connectivity index (χ0v) is 34.1. The van der Waals surface area contributed by atoms with Crippen LogP contribution in [0.15, 0.2) is 60.7 Å². The van der Waals surface area contributed by atoms with Crippen LogP contribution in [-0.4, -0.2) is 112 Å². The maximum atomic E-state index is 14.5. The van der Waals surface area contributed by atoms with E-state index in [2.05, 4.69) is 21.3 Å². The van der Waals surface area contributed by atoms with Crippen molar-refractivity contribution in [2.45, 2.75) is 88.0 Å². The summed E-state index contributed by atoms with van der Waals surface area (Å²) >= 11 is 3.43. The molecule has 4 N–H and O–H groups in total. The van der Waals surface area contributed by atoms with Gasteiger partial charge in [0.1, 0.15) is 18.1 Å². The number of carbonyl (C=O) groups excluding carboxylic acids is 7. The van der Waals surface area contributed by atoms with Gasteiger partial charge < -0.3 is 31.1 Å². The van der Waals surface area contributed by atoms with Crippen LogP contribution in [0.5, 0.6) is 0 Å². The molecule has 55 heavy (non-hydrogen) atoms. The van der Waals surface area contributed by atoms with Crippen LogP contribution in [0.1, 0.15) is 70.5 Å². The van der Waals surface area contributed by atoms with Crippen molar-refractivity contribution in [3.63, 3.8) is 0 Å². The van der Waals surface area contributed by atoms with Gasteiger partial charge in [-0.2, -0.15) is 0 Å². The Kier molecular flexibility index (Phi) is 15.4. The molecule has 0 saturated carbocycles. The minimum atomic E-state index is -1.21. The first-order valence-corrected chi connectivity index (χ1v) is 20.6. The molecule has 2 aliphatic rings. The summed E-state index contributed by atoms with van der Waals surface area (Å²) in [6.45, 7) is 7.10. The Labute approximate surface area is 332 Å². The van der Waals surface area contributed by atoms with Gasteiger partial charge in [0.2, 0.25) is 35.3 Å². The molecule has 4 rings (SSSR count). The molecule has 13 nitrogen and oxygen atoms in total. The molecule has 4 atom stereocenters. The number of hydrogen-bond donors (Lipinski definition) is 4. The highest BCUT2D eigenvalue weighted by atomic mass is 32.2. The summed E-state index contributed by atoms with van der Waals surface area (Å²) in [5.74, 6) is -2.57. The molecule has 0 bridgehead atoms. The van der Waals surface area contributed by atoms with Gasteiger partial charge in [-0.05, 0) is 40.9 Å². The molecule has 2 aromatic carbocycles. The van der Waals surface area contributed by atoms with Crippen LogP contribution in [0.3, 0.4) is 0 Å². The van der Waals surface area contributed by atoms with Gasteiger partial charge in [0.05, 0.1) is 23.1 Å². The van der Waals surface area contributed by atoms with Crippen LogP contribution in [0, 0.1) is 5.41 Å². The standard InChI is InChI=1S/C40H54N6O7S2/c1-7-15-28(33(49)36(51)41-24-31(48)43-32(37(52)45(5)6)27-18-12-9-13-19-27)42-35(50)29-23-40(54-20-14-21-55-40)25-46(29)38(53)34(39(2,3)4)44-30(47)22-26-16-10-8-11-17-26/h8-13,16-19,28-29,32,34H,7,14-15,20-25H2,1-6H3,(H,41,51)(H,42,50)(H,43,48)(H,44,47)/t28?,29-,32?,34+/m0/s1. The first-order valence-electron chi connectivity index (χ1n) is 18.6. The molecular weight excluding hydrogens is 741 g/mol. The van der Waals surface area contributed by atoms with Gasteiger partial charge in [-0.15, -0.1) is 23.5 Å². The number of nitrogens with one attached hydrogen (secondary N) is 4. The number of amides is 6. The van der Waals surface area contributed by atoms with Crippen molar-refractivity contribution in [3.05, 3.63) is 71.8 Å². The fourth-order valence-corrected chi connectivity index (χ4v) is 9.92. The number of ketones is 1. The predicted molar refractivity (Wildman–Crippen MR) is 215 cm³/mol. The highest BCUT2D eigenvalue weighted by Gasteiger charge is 2.53. The van der Waals surface area contributed by atoms with Crippen LogP contribution in [-0.2, 0) is 40.0 Å². The lowest BCUT2D eigenvalue weighted by molar-refractivity contribution is -0.145. The van der Waals surface area contributed by atoms with Crippen molar-refractivity contribution in [1.82, 2.24) is 31.1 Å². The molecule has 0 aliphatic carbocycles. The molecular formula is C40H54N6O7S2. The summed E-state index contributed by atoms with van der Waals surface area (Å²) in [6.07, 6.45) is 2.03. The van der Waals surface area contributed by atoms with E-state index < -0.39 is 63.7 Å². The third-order valence-electron chi connectivity index (χ3n) is 9.49. The average Bonchev–Trinajstić information content (AvgIpc) is 3.53. The van der Waals surface area contributed by atoms with Gasteiger partial charge in [-0.1, -0.05) is 94.8 Å². The van der Waals surface area contributed by atoms with E-state index in [-0.39, 0.29) is 37.1 Å². The Morgan fingerprint density at radius 3 is 2.07 bits per heavy atom. The normalized spacial score (nSPS) is 18.0. The first kappa shape index (κ1) is 43.4. The van der Waals surface area contributed by atoms with Crippen LogP contribution >= 0.6 is 23.5 Å². The number of hydrogen-bond acceptors (Lipinski definition) is 9. The predicted octanol–water partition coefficient (Wildman–Crippen LogP) is 2.84. The largest absolute Gasteiger partial charge is 0.347 e. The lowest BCUT2D eigenvalue weighted by Crippen LogP contribution is -2.59. The van der Waals surface area contributed by atoms with Crippen molar-refractivity contribution in [1.29, 1.82) is 0 Å². The average molecular weight is 795 g/mol. The Bertz CT molecular complexity index is 1700. The van der Waals surface area contributed by atoms with E-state index in [1.807, 2.05) is 58.0 Å². The summed E-state index contributed by atoms with van der Waals surface area (Å²) < 4.78 is -0.438. The minimum absolute atomic E-state index is 0.0899. The summed E-state index contributed by atoms with van der Waals surface area (Å²) in [5, 5.41) is 10.7. The fraction of sp³-hybridized carbons (Fsp3) is 0.525. The Morgan fingerprint density at radius 2 is 1.49 bits per heavy atom. The van der Waals surface area contributed by atoms with E-state index in [9.17, 15) is 33.6 Å². The lowest BCUT2D eigenvalue weighted by Gasteiger charge is -2.36. The third kappa shape index (κ3) is 11.8. The van der Waals surface area contributed by atoms with Gasteiger partial charge in [-0.3, -0.25) is 33.6 Å². The highest BCUT2D eigenvalue weighted by Crippen LogP contribution is 2.50. The quantitative estimate of drug-likeness (QED) is 0.198. The molecule has 2 saturated heterocycles. The number of likely N-dealkylation sites (N-methyl/N-ethyl adjacent to an activating group) is 1. The molecule has 1 spiro atoms. The van der Waals surface area contributed by atoms with E-state index >= 15 is 0 Å². The van der Waals surface area contributed by atoms with E-state index in [1.54, 1.807) is 68.0 Å². The Morgan fingerprint density at radius 1 is 0.873 bits per heavy atom. The third-order valence-corrected chi connectivity index (χ3v) is 12.8. The second-order valence-electron chi connectivity index (χ2n) is 15.2. The van der Waals surface area contributed by atoms with Crippen molar-refractivity contribution >= 4 is 64.8 Å². The molecule has 2 unspecified atom stereocenters. The SMILES string of the molecule is CCCC(NC(=O)[C@@H]1CC2(CN1C(=O)[C@@H](NC(=O)Cc1ccccc1)C(C)(C)C)SCCCS2)C(=O)C(=O)NCC(=O)NC(C(=O)N(C)C)c1ccccc1. The summed E-state index contributed by atoms with van der Waals surface area (Å²) in [7, 11) is 3.13. The second kappa shape index (κ2) is 19.5. The summed E-state index contributed by atoms with van der Waals surface area (Å²) in [4.78, 5) is 97.2. The van der Waals surface area contributed by atoms with Crippen LogP contribution < -0.4 is 21.3 Å². The maximum absolute atomic E-state index is 14.5. The van der Waals surface area contributed by atoms with E-state index in [1.165, 1.54) is 9.80 Å². The van der Waals surface area contributed by atoms with Crippen LogP contribution in [0.4, 0.5) is 0 Å². The lowest BCUT2D eigenvalue weighted by atomic mass is 9.85. The zero-order valence-electron chi connectivity index (χ0n) is 32.5. The van der Waals surface area contributed by atoms with Crippen LogP contribution in [0.2, 0.25) is 0 Å². The minimum Gasteiger partial charge on any atom is -0.347 e. The molecule has 6 amide bonds. The number of Topliss-reactive ketones (excluding diaryl/α,β-unsaturated/α-hetero) is 1. The van der Waals surface area contributed by atoms with Gasteiger partial charge in [0.15, 0.2) is 0 Å². The van der Waals surface area contributed by atoms with Crippen molar-refractivity contribution < 1.29 is 33.6 Å². The molecule has 15 heteroatoms. The number of thioether (sulfide) groups is 2. The topological polar surface area (TPSA) is 174 Å². The first-order chi connectivity index (χ1) is 26.0. The molecule has 2 aliphatic heterocycles. The van der Waals surface area contributed by atoms with E-state index in [0.717, 1.165) is 23.5 Å². The monoisotopic (exact) mass is 794 g/mol. The summed E-state index contributed by atoms with van der Waals surface area (Å²) in [5.41, 5.74) is 0.663. The van der Waals surface area contributed by atoms with Crippen molar-refractivity contribution in [2.24, 2.45) is 5.41 Å². The Balaban J connectivity index is 1.47. The van der Waals surface area contributed by atoms with E-state index in [4.69, 9.17) is 0 Å². The molecule has 0 radical (unpaired) electrons. The molecule has 0 aromatic heterocycles. The number of carbonyl (C=O) groups is 7. The fourth-order valence-electron chi connectivity index (χ4n) is 6.57. The van der Waals surface area contributed by atoms with E-state index in [0.29, 0.717) is 18.4 Å². The molecule has 2 aromatic rings.